The Kier molecular flexibility index (Phi) is 5.73. The number of amides is 1. The maximum absolute atomic E-state index is 12.0. The van der Waals surface area contributed by atoms with Gasteiger partial charge in [0.25, 0.3) is 6.47 Å². The number of rotatable bonds is 3. The zero-order valence-electron chi connectivity index (χ0n) is 16.3. The van der Waals surface area contributed by atoms with Gasteiger partial charge in [-0.25, -0.2) is 4.98 Å². The minimum atomic E-state index is -0.250. The first-order valence-corrected chi connectivity index (χ1v) is 9.32. The number of nitrogens with zero attached hydrogens (tertiary/aromatic N) is 4. The van der Waals surface area contributed by atoms with Gasteiger partial charge in [-0.15, -0.1) is 0 Å². The Morgan fingerprint density at radius 2 is 2.00 bits per heavy atom. The standard InChI is InChI=1S/C20H22N4O.CH2O2/c1-4-24-14(3)17(12-21-24)19-10-13(2)16-11-15(7-8-18(16)22-19)23-9-5-6-20(23)25;2-1-3/h7-8,10-12H,4-6,9H2,1-3H3;1H,(H,2,3). The van der Waals surface area contributed by atoms with Gasteiger partial charge in [-0.2, -0.15) is 5.10 Å². The summed E-state index contributed by atoms with van der Waals surface area (Å²) in [5, 5.41) is 12.4. The number of pyridine rings is 1. The lowest BCUT2D eigenvalue weighted by atomic mass is 10.0. The molecule has 2 aromatic heterocycles. The Labute approximate surface area is 163 Å². The fourth-order valence-electron chi connectivity index (χ4n) is 3.63. The molecule has 1 amide bonds. The van der Waals surface area contributed by atoms with E-state index in [0.717, 1.165) is 58.6 Å². The molecular weight excluding hydrogens is 356 g/mol. The van der Waals surface area contributed by atoms with Crippen molar-refractivity contribution in [2.45, 2.75) is 40.2 Å². The van der Waals surface area contributed by atoms with E-state index >= 15 is 0 Å². The fourth-order valence-corrected chi connectivity index (χ4v) is 3.63. The van der Waals surface area contributed by atoms with E-state index < -0.39 is 0 Å². The summed E-state index contributed by atoms with van der Waals surface area (Å²) in [5.41, 5.74) is 6.25. The van der Waals surface area contributed by atoms with Crippen LogP contribution in [0.15, 0.2) is 30.5 Å². The molecule has 1 N–H and O–H groups in total. The van der Waals surface area contributed by atoms with E-state index in [4.69, 9.17) is 14.9 Å². The zero-order chi connectivity index (χ0) is 20.3. The third kappa shape index (κ3) is 3.60. The molecule has 0 saturated carbocycles. The van der Waals surface area contributed by atoms with E-state index in [-0.39, 0.29) is 12.4 Å². The van der Waals surface area contributed by atoms with Crippen molar-refractivity contribution in [3.8, 4) is 11.3 Å². The van der Waals surface area contributed by atoms with Crippen molar-refractivity contribution >= 4 is 29.0 Å². The SMILES string of the molecule is CCn1ncc(-c2cc(C)c3cc(N4CCCC4=O)ccc3n2)c1C.O=CO. The Balaban J connectivity index is 0.000000706. The first-order valence-electron chi connectivity index (χ1n) is 9.32. The first-order chi connectivity index (χ1) is 13.5. The molecule has 1 aromatic carbocycles. The van der Waals surface area contributed by atoms with Gasteiger partial charge in [0.2, 0.25) is 5.91 Å². The summed E-state index contributed by atoms with van der Waals surface area (Å²) in [7, 11) is 0. The van der Waals surface area contributed by atoms with Gasteiger partial charge in [-0.1, -0.05) is 0 Å². The predicted octanol–water partition coefficient (Wildman–Crippen LogP) is 3.56. The number of benzene rings is 1. The molecule has 0 radical (unpaired) electrons. The molecule has 28 heavy (non-hydrogen) atoms. The molecule has 3 aromatic rings. The molecule has 1 aliphatic heterocycles. The van der Waals surface area contributed by atoms with E-state index in [9.17, 15) is 4.79 Å². The number of carbonyl (C=O) groups excluding carboxylic acids is 1. The summed E-state index contributed by atoms with van der Waals surface area (Å²) in [6.07, 6.45) is 3.48. The molecule has 0 unspecified atom stereocenters. The van der Waals surface area contributed by atoms with Crippen molar-refractivity contribution < 1.29 is 14.7 Å². The molecule has 146 valence electrons. The summed E-state index contributed by atoms with van der Waals surface area (Å²) < 4.78 is 1.98. The number of carboxylic acid groups (broad SMARTS) is 1. The van der Waals surface area contributed by atoms with Gasteiger partial charge in [0, 0.05) is 41.8 Å². The number of fused-ring (bicyclic) bond motifs is 1. The summed E-state index contributed by atoms with van der Waals surface area (Å²) in [4.78, 5) is 27.1. The maximum Gasteiger partial charge on any atom is 0.290 e. The number of hydrogen-bond acceptors (Lipinski definition) is 4. The van der Waals surface area contributed by atoms with Crippen LogP contribution in [0.3, 0.4) is 0 Å². The number of hydrogen-bond donors (Lipinski definition) is 1. The minimum Gasteiger partial charge on any atom is -0.483 e. The zero-order valence-corrected chi connectivity index (χ0v) is 16.3. The van der Waals surface area contributed by atoms with Gasteiger partial charge in [0.1, 0.15) is 0 Å². The molecule has 3 heterocycles. The highest BCUT2D eigenvalue weighted by Gasteiger charge is 2.22. The lowest BCUT2D eigenvalue weighted by Gasteiger charge is -2.17. The van der Waals surface area contributed by atoms with Crippen molar-refractivity contribution in [1.29, 1.82) is 0 Å². The molecule has 7 heteroatoms. The van der Waals surface area contributed by atoms with Crippen LogP contribution in [0.25, 0.3) is 22.2 Å². The van der Waals surface area contributed by atoms with Gasteiger partial charge in [-0.05, 0) is 57.0 Å². The average Bonchev–Trinajstić information content (AvgIpc) is 3.27. The van der Waals surface area contributed by atoms with Crippen LogP contribution >= 0.6 is 0 Å². The highest BCUT2D eigenvalue weighted by Crippen LogP contribution is 2.30. The van der Waals surface area contributed by atoms with Crippen LogP contribution in [0.4, 0.5) is 5.69 Å². The normalized spacial score (nSPS) is 13.5. The maximum atomic E-state index is 12.0. The summed E-state index contributed by atoms with van der Waals surface area (Å²) in [6.45, 7) is 7.68. The van der Waals surface area contributed by atoms with Gasteiger partial charge in [0.15, 0.2) is 0 Å². The van der Waals surface area contributed by atoms with E-state index in [1.165, 1.54) is 0 Å². The third-order valence-corrected chi connectivity index (χ3v) is 5.06. The van der Waals surface area contributed by atoms with Crippen LogP contribution in [-0.4, -0.2) is 38.8 Å². The van der Waals surface area contributed by atoms with E-state index in [2.05, 4.69) is 38.0 Å². The van der Waals surface area contributed by atoms with Crippen LogP contribution in [0.5, 0.6) is 0 Å². The highest BCUT2D eigenvalue weighted by molar-refractivity contribution is 5.98. The van der Waals surface area contributed by atoms with Crippen molar-refractivity contribution in [3.05, 3.63) is 41.7 Å². The summed E-state index contributed by atoms with van der Waals surface area (Å²) in [5.74, 6) is 0.212. The van der Waals surface area contributed by atoms with Crippen LogP contribution < -0.4 is 4.90 Å². The van der Waals surface area contributed by atoms with Crippen molar-refractivity contribution in [2.24, 2.45) is 0 Å². The summed E-state index contributed by atoms with van der Waals surface area (Å²) >= 11 is 0. The third-order valence-electron chi connectivity index (χ3n) is 5.06. The van der Waals surface area contributed by atoms with Crippen molar-refractivity contribution in [1.82, 2.24) is 14.8 Å². The molecule has 4 rings (SSSR count). The number of carbonyl (C=O) groups is 2. The predicted molar refractivity (Wildman–Crippen MR) is 108 cm³/mol. The second-order valence-corrected chi connectivity index (χ2v) is 6.74. The van der Waals surface area contributed by atoms with Crippen LogP contribution in [-0.2, 0) is 16.1 Å². The number of anilines is 1. The highest BCUT2D eigenvalue weighted by atomic mass is 16.3. The largest absolute Gasteiger partial charge is 0.483 e. The summed E-state index contributed by atoms with van der Waals surface area (Å²) in [6, 6.07) is 8.23. The lowest BCUT2D eigenvalue weighted by Crippen LogP contribution is -2.23. The Bertz CT molecular complexity index is 1030. The van der Waals surface area contributed by atoms with Crippen LogP contribution in [0.1, 0.15) is 31.0 Å². The molecule has 1 saturated heterocycles. The Hall–Kier alpha value is -3.22. The smallest absolute Gasteiger partial charge is 0.290 e. The van der Waals surface area contributed by atoms with Gasteiger partial charge >= 0.3 is 0 Å². The van der Waals surface area contributed by atoms with Crippen LogP contribution in [0.2, 0.25) is 0 Å². The number of aromatic nitrogens is 3. The Morgan fingerprint density at radius 1 is 1.25 bits per heavy atom. The van der Waals surface area contributed by atoms with Gasteiger partial charge < -0.3 is 10.0 Å². The second kappa shape index (κ2) is 8.21. The van der Waals surface area contributed by atoms with Crippen LogP contribution in [0, 0.1) is 13.8 Å². The Morgan fingerprint density at radius 3 is 2.61 bits per heavy atom. The monoisotopic (exact) mass is 380 g/mol. The van der Waals surface area contributed by atoms with Crippen molar-refractivity contribution in [3.63, 3.8) is 0 Å². The second-order valence-electron chi connectivity index (χ2n) is 6.74. The lowest BCUT2D eigenvalue weighted by molar-refractivity contribution is -0.123. The molecule has 0 aliphatic carbocycles. The van der Waals surface area contributed by atoms with Crippen molar-refractivity contribution in [2.75, 3.05) is 11.4 Å². The molecule has 1 aliphatic rings. The average molecular weight is 380 g/mol. The van der Waals surface area contributed by atoms with Gasteiger partial charge in [0.05, 0.1) is 17.4 Å². The molecule has 7 nitrogen and oxygen atoms in total. The molecular formula is C21H24N4O3. The molecule has 1 fully saturated rings. The first kappa shape index (κ1) is 19.5. The minimum absolute atomic E-state index is 0.212. The quantitative estimate of drug-likeness (QED) is 0.702. The van der Waals surface area contributed by atoms with E-state index in [1.54, 1.807) is 0 Å². The molecule has 0 atom stereocenters. The van der Waals surface area contributed by atoms with E-state index in [0.29, 0.717) is 6.42 Å². The van der Waals surface area contributed by atoms with Gasteiger partial charge in [-0.3, -0.25) is 14.3 Å². The fraction of sp³-hybridized carbons (Fsp3) is 0.333. The molecule has 0 bridgehead atoms. The van der Waals surface area contributed by atoms with E-state index in [1.807, 2.05) is 27.9 Å². The topological polar surface area (TPSA) is 88.3 Å². The molecule has 0 spiro atoms. The number of aryl methyl sites for hydroxylation is 2.